The molecule has 1 aromatic rings. The first kappa shape index (κ1) is 15.5. The second-order valence-electron chi connectivity index (χ2n) is 5.17. The summed E-state index contributed by atoms with van der Waals surface area (Å²) in [5.41, 5.74) is 6.60. The zero-order chi connectivity index (χ0) is 15.1. The van der Waals surface area contributed by atoms with Gasteiger partial charge in [0, 0.05) is 39.2 Å². The number of hydrogen-bond donors (Lipinski definition) is 1. The lowest BCUT2D eigenvalue weighted by atomic mass is 9.99. The highest BCUT2D eigenvalue weighted by Gasteiger charge is 2.20. The number of ether oxygens (including phenoxy) is 1. The van der Waals surface area contributed by atoms with Crippen LogP contribution >= 0.6 is 0 Å². The standard InChI is InChI=1S/C16H21N3O2/c1-19(12-13-5-9-21-10-6-13)16(20)15-4-8-18-11-14(15)3-2-7-17/h4,8,11,13H,5-7,9-10,12,17H2,1H3. The number of aromatic nitrogens is 1. The molecule has 2 heterocycles. The second kappa shape index (κ2) is 7.77. The van der Waals surface area contributed by atoms with Gasteiger partial charge in [0.15, 0.2) is 0 Å². The van der Waals surface area contributed by atoms with Crippen LogP contribution in [0.15, 0.2) is 18.5 Å². The number of carbonyl (C=O) groups is 1. The Hall–Kier alpha value is -1.90. The maximum Gasteiger partial charge on any atom is 0.254 e. The molecule has 1 amide bonds. The summed E-state index contributed by atoms with van der Waals surface area (Å²) in [4.78, 5) is 18.4. The highest BCUT2D eigenvalue weighted by molar-refractivity contribution is 5.96. The molecule has 0 unspecified atom stereocenters. The van der Waals surface area contributed by atoms with Crippen LogP contribution in [0.5, 0.6) is 0 Å². The first-order chi connectivity index (χ1) is 10.2. The molecule has 1 aliphatic rings. The molecule has 1 aromatic heterocycles. The van der Waals surface area contributed by atoms with Crippen molar-refractivity contribution in [3.8, 4) is 11.8 Å². The molecule has 21 heavy (non-hydrogen) atoms. The summed E-state index contributed by atoms with van der Waals surface area (Å²) >= 11 is 0. The van der Waals surface area contributed by atoms with Crippen molar-refractivity contribution < 1.29 is 9.53 Å². The van der Waals surface area contributed by atoms with Gasteiger partial charge in [-0.25, -0.2) is 0 Å². The van der Waals surface area contributed by atoms with Crippen molar-refractivity contribution in [2.45, 2.75) is 12.8 Å². The molecule has 1 aliphatic heterocycles. The Morgan fingerprint density at radius 3 is 3.00 bits per heavy atom. The monoisotopic (exact) mass is 287 g/mol. The minimum absolute atomic E-state index is 0.0230. The van der Waals surface area contributed by atoms with E-state index in [0.29, 0.717) is 17.0 Å². The summed E-state index contributed by atoms with van der Waals surface area (Å²) < 4.78 is 5.35. The summed E-state index contributed by atoms with van der Waals surface area (Å²) in [6.07, 6.45) is 5.24. The van der Waals surface area contributed by atoms with Crippen LogP contribution in [-0.4, -0.2) is 49.1 Å². The van der Waals surface area contributed by atoms with Crippen LogP contribution in [-0.2, 0) is 4.74 Å². The van der Waals surface area contributed by atoms with Gasteiger partial charge in [0.05, 0.1) is 17.7 Å². The van der Waals surface area contributed by atoms with Crippen LogP contribution in [0, 0.1) is 17.8 Å². The lowest BCUT2D eigenvalue weighted by molar-refractivity contribution is 0.0497. The van der Waals surface area contributed by atoms with Crippen molar-refractivity contribution >= 4 is 5.91 Å². The molecule has 112 valence electrons. The van der Waals surface area contributed by atoms with Gasteiger partial charge < -0.3 is 15.4 Å². The van der Waals surface area contributed by atoms with Crippen molar-refractivity contribution in [2.24, 2.45) is 11.7 Å². The number of nitrogens with two attached hydrogens (primary N) is 1. The van der Waals surface area contributed by atoms with Crippen LogP contribution < -0.4 is 5.73 Å². The Kier molecular flexibility index (Phi) is 5.73. The Labute approximate surface area is 125 Å². The van der Waals surface area contributed by atoms with Gasteiger partial charge in [-0.15, -0.1) is 0 Å². The van der Waals surface area contributed by atoms with Gasteiger partial charge >= 0.3 is 0 Å². The van der Waals surface area contributed by atoms with Crippen molar-refractivity contribution in [3.05, 3.63) is 29.6 Å². The third kappa shape index (κ3) is 4.28. The van der Waals surface area contributed by atoms with E-state index in [9.17, 15) is 4.79 Å². The average molecular weight is 287 g/mol. The highest BCUT2D eigenvalue weighted by Crippen LogP contribution is 2.17. The maximum atomic E-state index is 12.6. The van der Waals surface area contributed by atoms with E-state index in [-0.39, 0.29) is 12.5 Å². The van der Waals surface area contributed by atoms with E-state index in [1.54, 1.807) is 23.4 Å². The molecule has 0 spiro atoms. The molecule has 0 aliphatic carbocycles. The third-order valence-corrected chi connectivity index (χ3v) is 3.60. The summed E-state index contributed by atoms with van der Waals surface area (Å²) in [7, 11) is 1.83. The van der Waals surface area contributed by atoms with Crippen molar-refractivity contribution in [2.75, 3.05) is 33.4 Å². The SMILES string of the molecule is CN(CC1CCOCC1)C(=O)c1ccncc1C#CCN. The predicted octanol–water partition coefficient (Wildman–Crippen LogP) is 0.890. The Bertz CT molecular complexity index is 542. The molecule has 0 radical (unpaired) electrons. The predicted molar refractivity (Wildman–Crippen MR) is 80.7 cm³/mol. The molecule has 1 fully saturated rings. The molecule has 0 bridgehead atoms. The van der Waals surface area contributed by atoms with Crippen LogP contribution in [0.25, 0.3) is 0 Å². The molecule has 5 heteroatoms. The van der Waals surface area contributed by atoms with Gasteiger partial charge in [-0.1, -0.05) is 11.8 Å². The lowest BCUT2D eigenvalue weighted by Crippen LogP contribution is -2.34. The zero-order valence-electron chi connectivity index (χ0n) is 12.3. The van der Waals surface area contributed by atoms with Crippen molar-refractivity contribution in [3.63, 3.8) is 0 Å². The molecule has 0 saturated carbocycles. The van der Waals surface area contributed by atoms with Crippen LogP contribution in [0.2, 0.25) is 0 Å². The van der Waals surface area contributed by atoms with Gasteiger partial charge in [-0.3, -0.25) is 9.78 Å². The fourth-order valence-corrected chi connectivity index (χ4v) is 2.43. The van der Waals surface area contributed by atoms with Gasteiger partial charge in [0.2, 0.25) is 0 Å². The van der Waals surface area contributed by atoms with Gasteiger partial charge in [-0.2, -0.15) is 0 Å². The van der Waals surface area contributed by atoms with Crippen LogP contribution in [0.1, 0.15) is 28.8 Å². The second-order valence-corrected chi connectivity index (χ2v) is 5.17. The number of hydrogen-bond acceptors (Lipinski definition) is 4. The lowest BCUT2D eigenvalue weighted by Gasteiger charge is -2.27. The van der Waals surface area contributed by atoms with E-state index in [2.05, 4.69) is 16.8 Å². The fraction of sp³-hybridized carbons (Fsp3) is 0.500. The smallest absolute Gasteiger partial charge is 0.254 e. The highest BCUT2D eigenvalue weighted by atomic mass is 16.5. The summed E-state index contributed by atoms with van der Waals surface area (Å²) in [5, 5.41) is 0. The Morgan fingerprint density at radius 1 is 1.52 bits per heavy atom. The van der Waals surface area contributed by atoms with E-state index in [4.69, 9.17) is 10.5 Å². The van der Waals surface area contributed by atoms with Gasteiger partial charge in [0.25, 0.3) is 5.91 Å². The Morgan fingerprint density at radius 2 is 2.29 bits per heavy atom. The fourth-order valence-electron chi connectivity index (χ4n) is 2.43. The molecule has 2 rings (SSSR count). The Balaban J connectivity index is 2.08. The normalized spacial score (nSPS) is 15.1. The largest absolute Gasteiger partial charge is 0.381 e. The molecule has 5 nitrogen and oxygen atoms in total. The first-order valence-corrected chi connectivity index (χ1v) is 7.18. The number of amides is 1. The number of carbonyl (C=O) groups excluding carboxylic acids is 1. The quantitative estimate of drug-likeness (QED) is 0.838. The molecular weight excluding hydrogens is 266 g/mol. The number of rotatable bonds is 3. The summed E-state index contributed by atoms with van der Waals surface area (Å²) in [6, 6.07) is 1.71. The maximum absolute atomic E-state index is 12.6. The van der Waals surface area contributed by atoms with E-state index in [1.807, 2.05) is 7.05 Å². The molecule has 0 aromatic carbocycles. The third-order valence-electron chi connectivity index (χ3n) is 3.60. The van der Waals surface area contributed by atoms with E-state index in [1.165, 1.54) is 0 Å². The van der Waals surface area contributed by atoms with Gasteiger partial charge in [0.1, 0.15) is 0 Å². The summed E-state index contributed by atoms with van der Waals surface area (Å²) in [5.74, 6) is 6.16. The first-order valence-electron chi connectivity index (χ1n) is 7.18. The number of pyridine rings is 1. The van der Waals surface area contributed by atoms with E-state index in [0.717, 1.165) is 32.6 Å². The topological polar surface area (TPSA) is 68.5 Å². The van der Waals surface area contributed by atoms with Crippen molar-refractivity contribution in [1.29, 1.82) is 0 Å². The molecule has 1 saturated heterocycles. The number of nitrogens with zero attached hydrogens (tertiary/aromatic N) is 2. The van der Waals surface area contributed by atoms with Gasteiger partial charge in [-0.05, 0) is 24.8 Å². The van der Waals surface area contributed by atoms with Crippen LogP contribution in [0.4, 0.5) is 0 Å². The minimum atomic E-state index is -0.0230. The average Bonchev–Trinajstić information content (AvgIpc) is 2.53. The summed E-state index contributed by atoms with van der Waals surface area (Å²) in [6.45, 7) is 2.58. The molecular formula is C16H21N3O2. The van der Waals surface area contributed by atoms with Crippen molar-refractivity contribution in [1.82, 2.24) is 9.88 Å². The van der Waals surface area contributed by atoms with E-state index < -0.39 is 0 Å². The molecule has 2 N–H and O–H groups in total. The molecule has 0 atom stereocenters. The minimum Gasteiger partial charge on any atom is -0.381 e. The van der Waals surface area contributed by atoms with Crippen LogP contribution in [0.3, 0.4) is 0 Å². The van der Waals surface area contributed by atoms with E-state index >= 15 is 0 Å². The zero-order valence-corrected chi connectivity index (χ0v) is 12.3.